The summed E-state index contributed by atoms with van der Waals surface area (Å²) in [5.41, 5.74) is 5.74. The molecule has 0 saturated carbocycles. The fraction of sp³-hybridized carbons (Fsp3) is 0. The van der Waals surface area contributed by atoms with Gasteiger partial charge in [0.2, 0.25) is 0 Å². The molecule has 0 aliphatic heterocycles. The Bertz CT molecular complexity index is 644. The summed E-state index contributed by atoms with van der Waals surface area (Å²) in [6.07, 6.45) is 0. The third-order valence-electron chi connectivity index (χ3n) is 2.43. The highest BCUT2D eigenvalue weighted by Crippen LogP contribution is 2.37. The SMILES string of the molecule is Nc1c(Oc2cccc(Cl)c2Cl)cccc1C(=O)O. The van der Waals surface area contributed by atoms with Gasteiger partial charge in [-0.1, -0.05) is 35.3 Å². The van der Waals surface area contributed by atoms with Crippen LogP contribution in [0.5, 0.6) is 11.5 Å². The average Bonchev–Trinajstić information content (AvgIpc) is 2.37. The van der Waals surface area contributed by atoms with E-state index in [1.54, 1.807) is 24.3 Å². The Morgan fingerprint density at radius 2 is 1.74 bits per heavy atom. The van der Waals surface area contributed by atoms with Crippen molar-refractivity contribution >= 4 is 34.9 Å². The predicted molar refractivity (Wildman–Crippen MR) is 74.3 cm³/mol. The first-order valence-corrected chi connectivity index (χ1v) is 6.00. The number of carboxylic acids is 1. The van der Waals surface area contributed by atoms with Crippen LogP contribution in [0.25, 0.3) is 0 Å². The molecule has 0 aliphatic carbocycles. The Balaban J connectivity index is 2.42. The normalized spacial score (nSPS) is 10.2. The molecular weight excluding hydrogens is 289 g/mol. The van der Waals surface area contributed by atoms with Gasteiger partial charge in [-0.3, -0.25) is 0 Å². The maximum Gasteiger partial charge on any atom is 0.337 e. The molecule has 6 heteroatoms. The second-order valence-electron chi connectivity index (χ2n) is 3.68. The van der Waals surface area contributed by atoms with E-state index in [-0.39, 0.29) is 22.0 Å². The van der Waals surface area contributed by atoms with Crippen molar-refractivity contribution in [3.8, 4) is 11.5 Å². The highest BCUT2D eigenvalue weighted by molar-refractivity contribution is 6.42. The molecule has 4 nitrogen and oxygen atoms in total. The zero-order valence-corrected chi connectivity index (χ0v) is 11.1. The lowest BCUT2D eigenvalue weighted by Gasteiger charge is -2.11. The molecule has 0 spiro atoms. The fourth-order valence-corrected chi connectivity index (χ4v) is 1.83. The number of nitrogen functional groups attached to an aromatic ring is 1. The number of hydrogen-bond acceptors (Lipinski definition) is 3. The molecule has 0 aliphatic rings. The van der Waals surface area contributed by atoms with Crippen molar-refractivity contribution in [2.24, 2.45) is 0 Å². The number of carbonyl (C=O) groups is 1. The van der Waals surface area contributed by atoms with Gasteiger partial charge in [-0.25, -0.2) is 4.79 Å². The third-order valence-corrected chi connectivity index (χ3v) is 3.23. The number of aromatic carboxylic acids is 1. The van der Waals surface area contributed by atoms with Crippen LogP contribution in [0.2, 0.25) is 10.0 Å². The van der Waals surface area contributed by atoms with Crippen molar-refractivity contribution in [1.82, 2.24) is 0 Å². The van der Waals surface area contributed by atoms with Crippen LogP contribution in [0.1, 0.15) is 10.4 Å². The summed E-state index contributed by atoms with van der Waals surface area (Å²) >= 11 is 11.8. The number of benzene rings is 2. The largest absolute Gasteiger partial charge is 0.478 e. The molecule has 0 bridgehead atoms. The van der Waals surface area contributed by atoms with E-state index in [0.29, 0.717) is 10.8 Å². The molecule has 0 atom stereocenters. The highest BCUT2D eigenvalue weighted by Gasteiger charge is 2.14. The van der Waals surface area contributed by atoms with Gasteiger partial charge in [0.25, 0.3) is 0 Å². The lowest BCUT2D eigenvalue weighted by atomic mass is 10.1. The number of ether oxygens (including phenoxy) is 1. The summed E-state index contributed by atoms with van der Waals surface area (Å²) < 4.78 is 5.51. The van der Waals surface area contributed by atoms with Gasteiger partial charge in [-0.15, -0.1) is 0 Å². The molecule has 19 heavy (non-hydrogen) atoms. The number of halogens is 2. The number of anilines is 1. The molecule has 2 rings (SSSR count). The van der Waals surface area contributed by atoms with E-state index >= 15 is 0 Å². The van der Waals surface area contributed by atoms with Crippen LogP contribution >= 0.6 is 23.2 Å². The van der Waals surface area contributed by atoms with Gasteiger partial charge in [0.15, 0.2) is 5.75 Å². The molecule has 0 saturated heterocycles. The summed E-state index contributed by atoms with van der Waals surface area (Å²) in [6, 6.07) is 9.38. The Hall–Kier alpha value is -1.91. The molecule has 2 aromatic carbocycles. The average molecular weight is 298 g/mol. The summed E-state index contributed by atoms with van der Waals surface area (Å²) in [7, 11) is 0. The molecule has 98 valence electrons. The quantitative estimate of drug-likeness (QED) is 0.838. The molecule has 0 radical (unpaired) electrons. The molecule has 0 aromatic heterocycles. The number of carboxylic acid groups (broad SMARTS) is 1. The van der Waals surface area contributed by atoms with Crippen LogP contribution in [-0.2, 0) is 0 Å². The zero-order valence-electron chi connectivity index (χ0n) is 9.56. The lowest BCUT2D eigenvalue weighted by molar-refractivity contribution is 0.0698. The second-order valence-corrected chi connectivity index (χ2v) is 4.46. The summed E-state index contributed by atoms with van der Waals surface area (Å²) in [5.74, 6) is -0.604. The number of hydrogen-bond donors (Lipinski definition) is 2. The van der Waals surface area contributed by atoms with E-state index in [1.807, 2.05) is 0 Å². The highest BCUT2D eigenvalue weighted by atomic mass is 35.5. The van der Waals surface area contributed by atoms with Gasteiger partial charge < -0.3 is 15.6 Å². The van der Waals surface area contributed by atoms with Crippen molar-refractivity contribution in [3.05, 3.63) is 52.0 Å². The van der Waals surface area contributed by atoms with Crippen molar-refractivity contribution in [2.45, 2.75) is 0 Å². The minimum Gasteiger partial charge on any atom is -0.478 e. The van der Waals surface area contributed by atoms with E-state index in [4.69, 9.17) is 38.8 Å². The van der Waals surface area contributed by atoms with Gasteiger partial charge >= 0.3 is 5.97 Å². The van der Waals surface area contributed by atoms with Crippen molar-refractivity contribution < 1.29 is 14.6 Å². The van der Waals surface area contributed by atoms with Crippen molar-refractivity contribution in [2.75, 3.05) is 5.73 Å². The minimum absolute atomic E-state index is 0.0318. The smallest absolute Gasteiger partial charge is 0.337 e. The van der Waals surface area contributed by atoms with Gasteiger partial charge in [0.05, 0.1) is 16.3 Å². The topological polar surface area (TPSA) is 72.5 Å². The Morgan fingerprint density at radius 3 is 2.42 bits per heavy atom. The number of para-hydroxylation sites is 1. The monoisotopic (exact) mass is 297 g/mol. The first-order valence-electron chi connectivity index (χ1n) is 5.24. The van der Waals surface area contributed by atoms with E-state index in [0.717, 1.165) is 0 Å². The minimum atomic E-state index is -1.12. The number of nitrogens with two attached hydrogens (primary N) is 1. The maximum atomic E-state index is 11.0. The van der Waals surface area contributed by atoms with Gasteiger partial charge in [0, 0.05) is 0 Å². The molecular formula is C13H9Cl2NO3. The van der Waals surface area contributed by atoms with Gasteiger partial charge in [0.1, 0.15) is 10.8 Å². The molecule has 0 heterocycles. The fourth-order valence-electron chi connectivity index (χ4n) is 1.50. The van der Waals surface area contributed by atoms with Crippen LogP contribution in [0, 0.1) is 0 Å². The van der Waals surface area contributed by atoms with Crippen molar-refractivity contribution in [1.29, 1.82) is 0 Å². The van der Waals surface area contributed by atoms with E-state index < -0.39 is 5.97 Å². The summed E-state index contributed by atoms with van der Waals surface area (Å²) in [4.78, 5) is 11.0. The first-order chi connectivity index (χ1) is 9.00. The summed E-state index contributed by atoms with van der Waals surface area (Å²) in [5, 5.41) is 9.55. The van der Waals surface area contributed by atoms with Crippen LogP contribution in [-0.4, -0.2) is 11.1 Å². The Kier molecular flexibility index (Phi) is 3.83. The van der Waals surface area contributed by atoms with Crippen LogP contribution < -0.4 is 10.5 Å². The van der Waals surface area contributed by atoms with E-state index in [1.165, 1.54) is 12.1 Å². The molecule has 2 aromatic rings. The maximum absolute atomic E-state index is 11.0. The van der Waals surface area contributed by atoms with Crippen LogP contribution in [0.3, 0.4) is 0 Å². The Labute approximate surface area is 119 Å². The van der Waals surface area contributed by atoms with E-state index in [9.17, 15) is 4.79 Å². The zero-order chi connectivity index (χ0) is 14.0. The first kappa shape index (κ1) is 13.5. The Morgan fingerprint density at radius 1 is 1.11 bits per heavy atom. The second kappa shape index (κ2) is 5.38. The standard InChI is InChI=1S/C13H9Cl2NO3/c14-8-4-2-5-9(11(8)15)19-10-6-1-3-7(12(10)16)13(17)18/h1-6H,16H2,(H,17,18). The van der Waals surface area contributed by atoms with Crippen molar-refractivity contribution in [3.63, 3.8) is 0 Å². The molecule has 0 fully saturated rings. The summed E-state index contributed by atoms with van der Waals surface area (Å²) in [6.45, 7) is 0. The van der Waals surface area contributed by atoms with E-state index in [2.05, 4.69) is 0 Å². The molecule has 3 N–H and O–H groups in total. The third kappa shape index (κ3) is 2.75. The molecule has 0 amide bonds. The van der Waals surface area contributed by atoms with Crippen LogP contribution in [0.15, 0.2) is 36.4 Å². The number of rotatable bonds is 3. The van der Waals surface area contributed by atoms with Gasteiger partial charge in [-0.05, 0) is 24.3 Å². The predicted octanol–water partition coefficient (Wildman–Crippen LogP) is 4.07. The van der Waals surface area contributed by atoms with Crippen LogP contribution in [0.4, 0.5) is 5.69 Å². The lowest BCUT2D eigenvalue weighted by Crippen LogP contribution is -2.03. The molecule has 0 unspecified atom stereocenters. The van der Waals surface area contributed by atoms with Gasteiger partial charge in [-0.2, -0.15) is 0 Å².